The first-order chi connectivity index (χ1) is 47.5. The van der Waals surface area contributed by atoms with Crippen LogP contribution < -0.4 is 24.4 Å². The Labute approximate surface area is 590 Å². The van der Waals surface area contributed by atoms with Gasteiger partial charge in [-0.15, -0.1) is 0 Å². The zero-order chi connectivity index (χ0) is 69.2. The van der Waals surface area contributed by atoms with E-state index in [9.17, 15) is 5.26 Å². The normalized spacial score (nSPS) is 16.4. The van der Waals surface area contributed by atoms with Crippen molar-refractivity contribution in [2.75, 3.05) is 26.4 Å². The smallest absolute Gasteiger partial charge is 0.493 e. The summed E-state index contributed by atoms with van der Waals surface area (Å²) in [5.74, 6) is 5.67. The maximum Gasteiger partial charge on any atom is 0.494 e. The summed E-state index contributed by atoms with van der Waals surface area (Å²) in [5, 5.41) is 11.0. The number of fused-ring (bicyclic) bond motifs is 3. The van der Waals surface area contributed by atoms with E-state index < -0.39 is 23.7 Å². The van der Waals surface area contributed by atoms with Crippen molar-refractivity contribution in [3.8, 4) is 84.7 Å². The molecule has 1 aliphatic heterocycles. The highest BCUT2D eigenvalue weighted by atomic mass is 16.7. The van der Waals surface area contributed by atoms with Crippen molar-refractivity contribution in [1.29, 1.82) is 5.26 Å². The van der Waals surface area contributed by atoms with Crippen molar-refractivity contribution in [3.05, 3.63) is 198 Å². The molecule has 516 valence electrons. The van der Waals surface area contributed by atoms with Gasteiger partial charge in [-0.05, 0) is 246 Å². The van der Waals surface area contributed by atoms with E-state index in [0.29, 0.717) is 68.5 Å². The number of hydrogen-bond donors (Lipinski definition) is 0. The second kappa shape index (κ2) is 34.5. The molecule has 4 atom stereocenters. The highest BCUT2D eigenvalue weighted by Crippen LogP contribution is 2.54. The van der Waals surface area contributed by atoms with E-state index in [1.54, 1.807) is 0 Å². The predicted molar refractivity (Wildman–Crippen MR) is 410 cm³/mol. The molecule has 7 nitrogen and oxygen atoms in total. The average Bonchev–Trinajstić information content (AvgIpc) is 1.55. The monoisotopic (exact) mass is 1310 g/mol. The molecule has 1 heterocycles. The molecule has 8 aromatic carbocycles. The van der Waals surface area contributed by atoms with Crippen molar-refractivity contribution < 1.29 is 28.3 Å². The average molecular weight is 1310 g/mol. The van der Waals surface area contributed by atoms with Crippen molar-refractivity contribution in [3.63, 3.8) is 0 Å². The molecule has 1 saturated heterocycles. The fraction of sp³-hybridized carbons (Fsp3) is 0.456. The molecule has 1 aliphatic carbocycles. The lowest BCUT2D eigenvalue weighted by atomic mass is 9.67. The summed E-state index contributed by atoms with van der Waals surface area (Å²) in [7, 11) is -0.592. The van der Waals surface area contributed by atoms with Gasteiger partial charge in [0, 0.05) is 5.41 Å². The van der Waals surface area contributed by atoms with Crippen molar-refractivity contribution in [2.45, 2.75) is 215 Å². The zero-order valence-corrected chi connectivity index (χ0v) is 61.5. The third-order valence-electron chi connectivity index (χ3n) is 21.9. The van der Waals surface area contributed by atoms with Crippen LogP contribution >= 0.6 is 0 Å². The maximum atomic E-state index is 11.0. The summed E-state index contributed by atoms with van der Waals surface area (Å²) in [6.07, 6.45) is 20.0. The van der Waals surface area contributed by atoms with Gasteiger partial charge in [0.1, 0.15) is 23.0 Å². The van der Waals surface area contributed by atoms with E-state index in [4.69, 9.17) is 28.3 Å². The number of unbranched alkanes of at least 4 members (excludes halogenated alkanes) is 4. The molecule has 0 bridgehead atoms. The first kappa shape index (κ1) is 73.2. The molecule has 0 aromatic heterocycles. The highest BCUT2D eigenvalue weighted by molar-refractivity contribution is 6.62. The Bertz CT molecular complexity index is 3510. The van der Waals surface area contributed by atoms with Crippen LogP contribution in [0, 0.1) is 35.0 Å². The summed E-state index contributed by atoms with van der Waals surface area (Å²) in [5.41, 5.74) is 15.6. The topological polar surface area (TPSA) is 79.2 Å². The Morgan fingerprint density at radius 3 is 0.969 bits per heavy atom. The molecular formula is C90H112BNO6. The number of benzene rings is 8. The van der Waals surface area contributed by atoms with E-state index in [1.165, 1.54) is 93.7 Å². The minimum atomic E-state index is -0.726. The second-order valence-corrected chi connectivity index (χ2v) is 29.5. The molecule has 0 amide bonds. The lowest BCUT2D eigenvalue weighted by Gasteiger charge is -2.34. The van der Waals surface area contributed by atoms with Crippen LogP contribution in [0.4, 0.5) is 0 Å². The van der Waals surface area contributed by atoms with Crippen molar-refractivity contribution >= 4 is 12.6 Å². The van der Waals surface area contributed by atoms with Crippen molar-refractivity contribution in [2.24, 2.45) is 23.7 Å². The molecule has 1 fully saturated rings. The molecule has 4 unspecified atom stereocenters. The third kappa shape index (κ3) is 18.1. The summed E-state index contributed by atoms with van der Waals surface area (Å²) < 4.78 is 40.0. The van der Waals surface area contributed by atoms with Crippen LogP contribution in [0.15, 0.2) is 170 Å². The number of rotatable bonds is 37. The molecule has 0 radical (unpaired) electrons. The summed E-state index contributed by atoms with van der Waals surface area (Å²) in [4.78, 5) is 0. The van der Waals surface area contributed by atoms with Gasteiger partial charge in [0.25, 0.3) is 0 Å². The third-order valence-corrected chi connectivity index (χ3v) is 21.9. The van der Waals surface area contributed by atoms with E-state index in [2.05, 4.69) is 253 Å². The minimum Gasteiger partial charge on any atom is -0.493 e. The largest absolute Gasteiger partial charge is 0.494 e. The molecule has 8 heteroatoms. The van der Waals surface area contributed by atoms with Gasteiger partial charge in [-0.3, -0.25) is 0 Å². The molecule has 0 N–H and O–H groups in total. The van der Waals surface area contributed by atoms with Crippen LogP contribution in [-0.2, 0) is 27.6 Å². The van der Waals surface area contributed by atoms with Crippen LogP contribution in [0.5, 0.6) is 23.0 Å². The van der Waals surface area contributed by atoms with Crippen LogP contribution in [-0.4, -0.2) is 44.7 Å². The zero-order valence-electron chi connectivity index (χ0n) is 61.5. The molecule has 10 rings (SSSR count). The fourth-order valence-electron chi connectivity index (χ4n) is 14.5. The van der Waals surface area contributed by atoms with E-state index >= 15 is 0 Å². The Balaban J connectivity index is 1.14. The van der Waals surface area contributed by atoms with Gasteiger partial charge < -0.3 is 28.3 Å². The summed E-state index contributed by atoms with van der Waals surface area (Å²) in [6.45, 7) is 29.5. The van der Waals surface area contributed by atoms with E-state index in [0.717, 1.165) is 115 Å². The SMILES string of the molecule is CCCCC(CC)COc1ccc(-c2cc(CC3(Cc4cc(-c5ccc(OCC(CC)CCCC)cc5)cc(-c5ccc(OCC(CC)CCCC)cc5)c4)c4cc(C#N)ccc4-c4ccc(B5OC(C)(C)C(C)(C)O5)cc43)cc(-c3ccc(OCC(CC)CCCC)cc3)c2)cc1. The lowest BCUT2D eigenvalue weighted by Crippen LogP contribution is -2.41. The number of hydrogen-bond acceptors (Lipinski definition) is 7. The maximum absolute atomic E-state index is 11.0. The van der Waals surface area contributed by atoms with Crippen LogP contribution in [0.3, 0.4) is 0 Å². The first-order valence-electron chi connectivity index (χ1n) is 37.8. The highest BCUT2D eigenvalue weighted by Gasteiger charge is 2.53. The van der Waals surface area contributed by atoms with Gasteiger partial charge in [-0.25, -0.2) is 0 Å². The van der Waals surface area contributed by atoms with Gasteiger partial charge >= 0.3 is 7.12 Å². The first-order valence-corrected chi connectivity index (χ1v) is 37.8. The van der Waals surface area contributed by atoms with Gasteiger partial charge in [-0.2, -0.15) is 5.26 Å². The molecule has 98 heavy (non-hydrogen) atoms. The van der Waals surface area contributed by atoms with E-state index in [-0.39, 0.29) is 0 Å². The van der Waals surface area contributed by atoms with Gasteiger partial charge in [-0.1, -0.05) is 230 Å². The lowest BCUT2D eigenvalue weighted by molar-refractivity contribution is 0.00578. The number of nitrogens with zero attached hydrogens (tertiary/aromatic N) is 1. The van der Waals surface area contributed by atoms with Crippen LogP contribution in [0.2, 0.25) is 0 Å². The van der Waals surface area contributed by atoms with Crippen LogP contribution in [0.1, 0.15) is 214 Å². The molecule has 2 aliphatic rings. The standard InChI is InChI=1S/C90H112BNO6/c1-13-21-25-64(17-5)60-93-80-39-30-71(31-40-80)75-49-69(50-76(54-75)72-32-41-81(42-33-72)94-61-65(18-6)26-22-14-2)57-90(86-53-68(59-92)29-47-84(86)85-48-38-79(56-87(85)90)91-97-88(9,10)89(11,12)98-91)58-70-51-77(73-34-43-82(44-35-73)95-62-66(19-7)27-23-15-3)55-78(52-70)74-36-45-83(46-37-74)96-63-67(20-8)28-24-16-4/h29-56,64-67H,13-28,57-58,60-63H2,1-12H3. The number of nitriles is 1. The predicted octanol–water partition coefficient (Wildman–Crippen LogP) is 23.7. The second-order valence-electron chi connectivity index (χ2n) is 29.5. The molecular weight excluding hydrogens is 1200 g/mol. The Morgan fingerprint density at radius 1 is 0.367 bits per heavy atom. The molecule has 0 saturated carbocycles. The van der Waals surface area contributed by atoms with Gasteiger partial charge in [0.2, 0.25) is 0 Å². The van der Waals surface area contributed by atoms with E-state index in [1.807, 2.05) is 6.07 Å². The molecule has 0 spiro atoms. The van der Waals surface area contributed by atoms with Gasteiger partial charge in [0.15, 0.2) is 0 Å². The van der Waals surface area contributed by atoms with Crippen LogP contribution in [0.25, 0.3) is 55.6 Å². The number of ether oxygens (including phenoxy) is 4. The van der Waals surface area contributed by atoms with Crippen molar-refractivity contribution in [1.82, 2.24) is 0 Å². The Morgan fingerprint density at radius 2 is 0.673 bits per heavy atom. The Kier molecular flexibility index (Phi) is 25.7. The minimum absolute atomic E-state index is 0.528. The summed E-state index contributed by atoms with van der Waals surface area (Å²) in [6, 6.07) is 65.2. The summed E-state index contributed by atoms with van der Waals surface area (Å²) >= 11 is 0. The van der Waals surface area contributed by atoms with Gasteiger partial charge in [0.05, 0.1) is 49.3 Å². The molecule has 8 aromatic rings. The Hall–Kier alpha value is -7.57. The quantitative estimate of drug-likeness (QED) is 0.0359. The fourth-order valence-corrected chi connectivity index (χ4v) is 14.5.